The third kappa shape index (κ3) is 18.6. The molecule has 135 heavy (non-hydrogen) atoms. The summed E-state index contributed by atoms with van der Waals surface area (Å²) in [4.78, 5) is 122. The van der Waals surface area contributed by atoms with E-state index in [-0.39, 0.29) is 141 Å². The molecule has 2 aliphatic rings. The summed E-state index contributed by atoms with van der Waals surface area (Å²) in [5, 5.41) is -0.296. The zero-order chi connectivity index (χ0) is 97.0. The number of carbonyl (C=O) groups excluding carboxylic acids is 6. The predicted molar refractivity (Wildman–Crippen MR) is 505 cm³/mol. The summed E-state index contributed by atoms with van der Waals surface area (Å²) < 4.78 is 152. The van der Waals surface area contributed by atoms with E-state index in [4.69, 9.17) is 82.0 Å². The normalized spacial score (nSPS) is 13.7. The third-order valence-electron chi connectivity index (χ3n) is 24.2. The van der Waals surface area contributed by atoms with E-state index in [2.05, 4.69) is 9.97 Å². The van der Waals surface area contributed by atoms with Crippen molar-refractivity contribution in [3.05, 3.63) is 259 Å². The van der Waals surface area contributed by atoms with Crippen LogP contribution in [0.15, 0.2) is 170 Å². The first-order valence-corrected chi connectivity index (χ1v) is 50.5. The van der Waals surface area contributed by atoms with Crippen molar-refractivity contribution in [2.24, 2.45) is 0 Å². The molecule has 2 atom stereocenters. The van der Waals surface area contributed by atoms with Crippen molar-refractivity contribution < 1.29 is 114 Å². The predicted octanol–water partition coefficient (Wildman–Crippen LogP) is 18.0. The third-order valence-corrected chi connectivity index (χ3v) is 35.0. The molecule has 6 heterocycles. The van der Waals surface area contributed by atoms with E-state index in [1.54, 1.807) is 72.8 Å². The van der Waals surface area contributed by atoms with Crippen LogP contribution in [-0.4, -0.2) is 204 Å². The minimum Gasteiger partial charge on any atom is -0.457 e. The number of amides is 6. The molecule has 2 aliphatic heterocycles. The molecule has 2 unspecified atom stereocenters. The Bertz CT molecular complexity index is 6400. The molecule has 702 valence electrons. The minimum absolute atomic E-state index is 0.0117. The van der Waals surface area contributed by atoms with Gasteiger partial charge >= 0.3 is 41.4 Å². The van der Waals surface area contributed by atoms with Crippen LogP contribution in [0.5, 0.6) is 46.0 Å². The van der Waals surface area contributed by atoms with Crippen molar-refractivity contribution >= 4 is 137 Å². The molecule has 0 radical (unpaired) electrons. The van der Waals surface area contributed by atoms with Gasteiger partial charge in [0.05, 0.1) is 22.3 Å². The van der Waals surface area contributed by atoms with Crippen LogP contribution in [-0.2, 0) is 86.9 Å². The van der Waals surface area contributed by atoms with E-state index in [0.717, 1.165) is 27.2 Å². The SMILES string of the molecule is CO[Si](Cc1ccnc(N(C(=O)C(C)N2C(=O)c3cc(Oc4cc(C)cc(C)c4)c4c5c(Oc6cc(C)cc(C)c6)cc6c7c(cc(Oc8cc(C)cc(C)c8)c(c8c(Oc9cc(C)cc(C)c9)cc(c3c48)C2=O)c75)C(=O)N(C(C(=O)N(c2cc(C[Si](OC)(OC)OC)ccn2)c2cc(C[Si](OC)(OC)OC)ccn2)C(F)(F)F)C6=O)c2cc(C[Si](OC)(OC)OC)ccn2)c1)(OC)OC. The highest BCUT2D eigenvalue weighted by Gasteiger charge is 2.58. The second-order valence-corrected chi connectivity index (χ2v) is 45.1. The standard InChI is InChI=1S/C98H101F3N8O22Si4/c1-54-30-55(2)35-67(34-54)128-75-46-71-83-72(94(112)106(93(71)111)62(9)92(110)107(79-42-63(22-26-102-79)50-132(116-10,117-11)118-12)80-43-64(23-27-103-80)51-133(119-13,120-14)121-15)47-76(129-68-36-56(3)31-57(4)37-68)86-88-78(131-70-40-60(7)33-61(8)41-70)49-74-84-73(48-77(87(90(84)88)85(75)89(83)86)130-69-38-58(5)32-59(6)39-69)95(113)109(96(74)114)91(98(99,100)101)97(115)108(81-44-65(24-28-104-81)52-134(122-16,123-17)124-18)82-45-66(25-29-105-82)53-135(125-19,126-20)127-21/h22-49,62,91H,50-53H2,1-21H3. The molecule has 6 amide bonds. The molecule has 0 bridgehead atoms. The van der Waals surface area contributed by atoms with Crippen LogP contribution in [0.1, 0.15) is 115 Å². The van der Waals surface area contributed by atoms with Crippen molar-refractivity contribution in [3.8, 4) is 46.0 Å². The topological polar surface area (TPSA) is 315 Å². The molecule has 0 spiro atoms. The van der Waals surface area contributed by atoms with Crippen molar-refractivity contribution in [2.75, 3.05) is 95.1 Å². The van der Waals surface area contributed by atoms with Crippen LogP contribution < -0.4 is 28.7 Å². The minimum atomic E-state index is -5.86. The molecule has 15 rings (SSSR count). The lowest BCUT2D eigenvalue weighted by atomic mass is 9.80. The molecule has 0 N–H and O–H groups in total. The Morgan fingerprint density at radius 1 is 0.311 bits per heavy atom. The van der Waals surface area contributed by atoms with Crippen LogP contribution in [0.25, 0.3) is 43.1 Å². The van der Waals surface area contributed by atoms with Gasteiger partial charge in [-0.1, -0.05) is 24.3 Å². The second-order valence-electron chi connectivity index (χ2n) is 33.3. The fraction of sp³-hybridized carbons (Fsp3) is 0.286. The Morgan fingerprint density at radius 3 is 0.741 bits per heavy atom. The molecule has 0 aliphatic carbocycles. The van der Waals surface area contributed by atoms with Gasteiger partial charge in [0.1, 0.15) is 75.3 Å². The lowest BCUT2D eigenvalue weighted by molar-refractivity contribution is -0.178. The van der Waals surface area contributed by atoms with E-state index in [1.807, 2.05) is 79.7 Å². The van der Waals surface area contributed by atoms with Gasteiger partial charge in [0.2, 0.25) is 6.04 Å². The Labute approximate surface area is 781 Å². The average molecular weight is 1910 g/mol. The molecule has 9 aromatic carbocycles. The zero-order valence-electron chi connectivity index (χ0n) is 78.3. The molecular weight excluding hydrogens is 1810 g/mol. The Morgan fingerprint density at radius 2 is 0.526 bits per heavy atom. The van der Waals surface area contributed by atoms with Gasteiger partial charge in [-0.2, -0.15) is 13.2 Å². The van der Waals surface area contributed by atoms with E-state index in [0.29, 0.717) is 49.4 Å². The van der Waals surface area contributed by atoms with Gasteiger partial charge in [-0.05, 0) is 250 Å². The highest BCUT2D eigenvalue weighted by atomic mass is 28.4. The van der Waals surface area contributed by atoms with Gasteiger partial charge in [-0.25, -0.2) is 29.7 Å². The van der Waals surface area contributed by atoms with Crippen LogP contribution in [0.3, 0.4) is 0 Å². The first kappa shape index (κ1) is 97.0. The van der Waals surface area contributed by atoms with Crippen LogP contribution in [0.2, 0.25) is 0 Å². The summed E-state index contributed by atoms with van der Waals surface area (Å²) in [5.74, 6) is -9.24. The van der Waals surface area contributed by atoms with Crippen molar-refractivity contribution in [1.82, 2.24) is 29.7 Å². The van der Waals surface area contributed by atoms with Crippen LogP contribution in [0.4, 0.5) is 36.4 Å². The van der Waals surface area contributed by atoms with Gasteiger partial charge in [-0.3, -0.25) is 38.6 Å². The summed E-state index contributed by atoms with van der Waals surface area (Å²) in [6, 6.07) is 33.3. The van der Waals surface area contributed by atoms with Gasteiger partial charge in [0, 0.05) is 177 Å². The Kier molecular flexibility index (Phi) is 27.8. The molecule has 13 aromatic rings. The highest BCUT2D eigenvalue weighted by molar-refractivity contribution is 6.61. The lowest BCUT2D eigenvalue weighted by Crippen LogP contribution is -2.60. The maximum atomic E-state index is 17.7. The molecule has 37 heteroatoms. The quantitative estimate of drug-likeness (QED) is 0.0152. The van der Waals surface area contributed by atoms with Gasteiger partial charge < -0.3 is 72.1 Å². The van der Waals surface area contributed by atoms with E-state index >= 15 is 41.9 Å². The number of benzene rings is 9. The summed E-state index contributed by atoms with van der Waals surface area (Å²) in [5.41, 5.74) is 5.74. The number of imide groups is 2. The van der Waals surface area contributed by atoms with Crippen LogP contribution >= 0.6 is 0 Å². The first-order valence-electron chi connectivity index (χ1n) is 42.8. The number of pyridine rings is 4. The summed E-state index contributed by atoms with van der Waals surface area (Å²) in [7, 11) is 2.95. The molecule has 30 nitrogen and oxygen atoms in total. The Balaban J connectivity index is 1.04. The number of aryl methyl sites for hydroxylation is 8. The summed E-state index contributed by atoms with van der Waals surface area (Å²) in [6.07, 6.45) is -0.434. The highest BCUT2D eigenvalue weighted by Crippen LogP contribution is 2.59. The first-order chi connectivity index (χ1) is 64.4. The Hall–Kier alpha value is -12.5. The fourth-order valence-electron chi connectivity index (χ4n) is 18.1. The number of alkyl halides is 3. The molecule has 0 saturated heterocycles. The molecule has 0 saturated carbocycles. The summed E-state index contributed by atoms with van der Waals surface area (Å²) in [6.45, 7) is 16.1. The maximum Gasteiger partial charge on any atom is 0.504 e. The fourth-order valence-corrected chi connectivity index (χ4v) is 24.7. The molecular formula is C98H101F3N8O22Si4. The maximum absolute atomic E-state index is 17.7. The van der Waals surface area contributed by atoms with Gasteiger partial charge in [-0.15, -0.1) is 0 Å². The second kappa shape index (κ2) is 38.7. The number of halogens is 3. The summed E-state index contributed by atoms with van der Waals surface area (Å²) >= 11 is 0. The number of aromatic nitrogens is 4. The van der Waals surface area contributed by atoms with Crippen molar-refractivity contribution in [3.63, 3.8) is 0 Å². The van der Waals surface area contributed by atoms with E-state index < -0.39 is 112 Å². The average Bonchev–Trinajstić information content (AvgIpc) is 0.667. The van der Waals surface area contributed by atoms with Crippen molar-refractivity contribution in [1.29, 1.82) is 0 Å². The number of nitrogens with zero attached hydrogens (tertiary/aromatic N) is 8. The zero-order valence-corrected chi connectivity index (χ0v) is 82.3. The number of ether oxygens (including phenoxy) is 4. The van der Waals surface area contributed by atoms with Gasteiger partial charge in [0.15, 0.2) is 0 Å². The molecule has 0 fully saturated rings. The van der Waals surface area contributed by atoms with Crippen LogP contribution in [0, 0.1) is 55.4 Å². The molecule has 4 aromatic heterocycles. The number of carbonyl (C=O) groups is 6. The monoisotopic (exact) mass is 1910 g/mol. The number of hydrogen-bond donors (Lipinski definition) is 0. The van der Waals surface area contributed by atoms with E-state index in [1.165, 1.54) is 170 Å². The van der Waals surface area contributed by atoms with E-state index in [9.17, 15) is 0 Å². The number of rotatable bonds is 36. The number of fused-ring (bicyclic) bond motifs is 2. The lowest BCUT2D eigenvalue weighted by Gasteiger charge is -2.37. The number of hydrogen-bond acceptors (Lipinski definition) is 26. The van der Waals surface area contributed by atoms with Gasteiger partial charge in [0.25, 0.3) is 35.4 Å². The smallest absolute Gasteiger partial charge is 0.457 e. The number of anilines is 4. The van der Waals surface area contributed by atoms with Crippen molar-refractivity contribution in [2.45, 2.75) is 105 Å². The largest absolute Gasteiger partial charge is 0.504 e.